The van der Waals surface area contributed by atoms with Crippen molar-refractivity contribution in [3.63, 3.8) is 0 Å². The Bertz CT molecular complexity index is 379. The molecule has 3 nitrogen and oxygen atoms in total. The molecule has 0 heterocycles. The second kappa shape index (κ2) is 2.71. The van der Waals surface area contributed by atoms with Crippen LogP contribution >= 0.6 is 0 Å². The third-order valence-corrected chi connectivity index (χ3v) is 1.94. The SMILES string of the molecule is O=S(=O)(F)c1cc(O)cc(F)c1. The summed E-state index contributed by atoms with van der Waals surface area (Å²) in [5.74, 6) is -1.64. The van der Waals surface area contributed by atoms with E-state index in [1.54, 1.807) is 0 Å². The van der Waals surface area contributed by atoms with Crippen LogP contribution in [0.3, 0.4) is 0 Å². The lowest BCUT2D eigenvalue weighted by molar-refractivity contribution is 0.465. The van der Waals surface area contributed by atoms with Crippen molar-refractivity contribution in [3.8, 4) is 5.75 Å². The molecule has 0 radical (unpaired) electrons. The Morgan fingerprint density at radius 1 is 1.25 bits per heavy atom. The molecular formula is C6H4F2O3S. The molecule has 0 saturated heterocycles. The van der Waals surface area contributed by atoms with Gasteiger partial charge >= 0.3 is 10.2 Å². The van der Waals surface area contributed by atoms with Gasteiger partial charge in [-0.05, 0) is 6.07 Å². The van der Waals surface area contributed by atoms with Crippen LogP contribution < -0.4 is 0 Å². The first-order valence-electron chi connectivity index (χ1n) is 2.84. The Hall–Kier alpha value is -1.17. The minimum absolute atomic E-state index is 0.481. The molecule has 1 aromatic rings. The minimum Gasteiger partial charge on any atom is -0.508 e. The lowest BCUT2D eigenvalue weighted by atomic mass is 10.3. The van der Waals surface area contributed by atoms with Crippen molar-refractivity contribution in [1.29, 1.82) is 0 Å². The zero-order chi connectivity index (χ0) is 9.35. The first-order valence-corrected chi connectivity index (χ1v) is 4.22. The van der Waals surface area contributed by atoms with E-state index in [0.717, 1.165) is 0 Å². The summed E-state index contributed by atoms with van der Waals surface area (Å²) in [7, 11) is -4.95. The molecule has 0 amide bonds. The average Bonchev–Trinajstić information content (AvgIpc) is 1.82. The number of rotatable bonds is 1. The number of hydrogen-bond donors (Lipinski definition) is 1. The van der Waals surface area contributed by atoms with Crippen LogP contribution in [0.1, 0.15) is 0 Å². The summed E-state index contributed by atoms with van der Waals surface area (Å²) < 4.78 is 44.9. The predicted octanol–water partition coefficient (Wildman–Crippen LogP) is 1.19. The Morgan fingerprint density at radius 3 is 2.25 bits per heavy atom. The topological polar surface area (TPSA) is 54.4 Å². The van der Waals surface area contributed by atoms with Gasteiger partial charge in [0.15, 0.2) is 0 Å². The Labute approximate surface area is 67.5 Å². The molecule has 0 aliphatic heterocycles. The van der Waals surface area contributed by atoms with Gasteiger partial charge < -0.3 is 5.11 Å². The van der Waals surface area contributed by atoms with Crippen LogP contribution in [0.25, 0.3) is 0 Å². The first kappa shape index (κ1) is 8.92. The van der Waals surface area contributed by atoms with Gasteiger partial charge in [0.1, 0.15) is 16.5 Å². The highest BCUT2D eigenvalue weighted by molar-refractivity contribution is 7.86. The quantitative estimate of drug-likeness (QED) is 0.683. The Balaban J connectivity index is 3.37. The molecule has 1 N–H and O–H groups in total. The van der Waals surface area contributed by atoms with E-state index in [-0.39, 0.29) is 0 Å². The maximum atomic E-state index is 12.4. The van der Waals surface area contributed by atoms with Crippen LogP contribution in [0.2, 0.25) is 0 Å². The molecule has 0 bridgehead atoms. The van der Waals surface area contributed by atoms with Gasteiger partial charge in [-0.3, -0.25) is 0 Å². The van der Waals surface area contributed by atoms with Gasteiger partial charge in [-0.25, -0.2) is 4.39 Å². The molecule has 0 fully saturated rings. The number of aromatic hydroxyl groups is 1. The van der Waals surface area contributed by atoms with Crippen molar-refractivity contribution in [3.05, 3.63) is 24.0 Å². The summed E-state index contributed by atoms with van der Waals surface area (Å²) >= 11 is 0. The summed E-state index contributed by atoms with van der Waals surface area (Å²) in [6, 6.07) is 1.78. The fraction of sp³-hybridized carbons (Fsp3) is 0. The highest BCUT2D eigenvalue weighted by Crippen LogP contribution is 2.19. The zero-order valence-electron chi connectivity index (χ0n) is 5.66. The van der Waals surface area contributed by atoms with Crippen LogP contribution in [0, 0.1) is 5.82 Å². The monoisotopic (exact) mass is 194 g/mol. The molecule has 0 saturated carbocycles. The maximum absolute atomic E-state index is 12.4. The molecule has 66 valence electrons. The third kappa shape index (κ3) is 1.91. The van der Waals surface area contributed by atoms with Gasteiger partial charge in [0.25, 0.3) is 0 Å². The molecule has 1 aromatic carbocycles. The van der Waals surface area contributed by atoms with Gasteiger partial charge in [-0.15, -0.1) is 3.89 Å². The van der Waals surface area contributed by atoms with Gasteiger partial charge in [-0.2, -0.15) is 8.42 Å². The lowest BCUT2D eigenvalue weighted by Gasteiger charge is -1.96. The second-order valence-corrected chi connectivity index (χ2v) is 3.43. The molecule has 0 aliphatic carbocycles. The van der Waals surface area contributed by atoms with Crippen molar-refractivity contribution >= 4 is 10.2 Å². The molecular weight excluding hydrogens is 190 g/mol. The number of benzene rings is 1. The Kier molecular flexibility index (Phi) is 2.01. The fourth-order valence-electron chi connectivity index (χ4n) is 0.689. The molecule has 0 unspecified atom stereocenters. The van der Waals surface area contributed by atoms with Gasteiger partial charge in [0.05, 0.1) is 0 Å². The van der Waals surface area contributed by atoms with Crippen molar-refractivity contribution < 1.29 is 21.8 Å². The highest BCUT2D eigenvalue weighted by atomic mass is 32.3. The van der Waals surface area contributed by atoms with Crippen LogP contribution in [0.15, 0.2) is 23.1 Å². The molecule has 12 heavy (non-hydrogen) atoms. The molecule has 0 spiro atoms. The van der Waals surface area contributed by atoms with E-state index in [4.69, 9.17) is 5.11 Å². The van der Waals surface area contributed by atoms with Crippen molar-refractivity contribution in [2.24, 2.45) is 0 Å². The van der Waals surface area contributed by atoms with Crippen molar-refractivity contribution in [1.82, 2.24) is 0 Å². The second-order valence-electron chi connectivity index (χ2n) is 2.08. The van der Waals surface area contributed by atoms with Crippen LogP contribution in [-0.4, -0.2) is 13.5 Å². The summed E-state index contributed by atoms with van der Waals surface area (Å²) in [5, 5.41) is 8.69. The van der Waals surface area contributed by atoms with E-state index >= 15 is 0 Å². The predicted molar refractivity (Wildman–Crippen MR) is 36.4 cm³/mol. The van der Waals surface area contributed by atoms with Crippen LogP contribution in [0.5, 0.6) is 5.75 Å². The highest BCUT2D eigenvalue weighted by Gasteiger charge is 2.13. The van der Waals surface area contributed by atoms with Gasteiger partial charge in [-0.1, -0.05) is 0 Å². The zero-order valence-corrected chi connectivity index (χ0v) is 6.48. The van der Waals surface area contributed by atoms with Crippen molar-refractivity contribution in [2.45, 2.75) is 4.90 Å². The standard InChI is InChI=1S/C6H4F2O3S/c7-4-1-5(9)3-6(2-4)12(8,10)11/h1-3,9H. The number of phenols is 1. The summed E-state index contributed by atoms with van der Waals surface area (Å²) in [5.41, 5.74) is 0. The largest absolute Gasteiger partial charge is 0.508 e. The molecule has 0 atom stereocenters. The summed E-state index contributed by atoms with van der Waals surface area (Å²) in [4.78, 5) is -0.889. The Morgan fingerprint density at radius 2 is 1.83 bits per heavy atom. The minimum atomic E-state index is -4.95. The third-order valence-electron chi connectivity index (χ3n) is 1.14. The number of halogens is 2. The first-order chi connectivity index (χ1) is 5.39. The van der Waals surface area contributed by atoms with E-state index in [1.165, 1.54) is 0 Å². The van der Waals surface area contributed by atoms with Crippen LogP contribution in [0.4, 0.5) is 8.28 Å². The molecule has 1 rings (SSSR count). The summed E-state index contributed by atoms with van der Waals surface area (Å²) in [6.07, 6.45) is 0. The summed E-state index contributed by atoms with van der Waals surface area (Å²) in [6.45, 7) is 0. The van der Waals surface area contributed by atoms with Gasteiger partial charge in [0.2, 0.25) is 0 Å². The number of phenolic OH excluding ortho intramolecular Hbond substituents is 1. The molecule has 6 heteroatoms. The fourth-order valence-corrected chi connectivity index (χ4v) is 1.20. The van der Waals surface area contributed by atoms with E-state index in [0.29, 0.717) is 18.2 Å². The van der Waals surface area contributed by atoms with E-state index in [2.05, 4.69) is 0 Å². The molecule has 0 aromatic heterocycles. The van der Waals surface area contributed by atoms with E-state index in [9.17, 15) is 16.7 Å². The number of hydrogen-bond acceptors (Lipinski definition) is 3. The smallest absolute Gasteiger partial charge is 0.332 e. The van der Waals surface area contributed by atoms with E-state index in [1.807, 2.05) is 0 Å². The normalized spacial score (nSPS) is 11.5. The average molecular weight is 194 g/mol. The van der Waals surface area contributed by atoms with Crippen LogP contribution in [-0.2, 0) is 10.2 Å². The maximum Gasteiger partial charge on any atom is 0.332 e. The lowest BCUT2D eigenvalue weighted by Crippen LogP contribution is -1.92. The van der Waals surface area contributed by atoms with Crippen molar-refractivity contribution in [2.75, 3.05) is 0 Å². The van der Waals surface area contributed by atoms with E-state index < -0.39 is 26.7 Å². The molecule has 0 aliphatic rings. The van der Waals surface area contributed by atoms with Gasteiger partial charge in [0, 0.05) is 12.1 Å².